The lowest BCUT2D eigenvalue weighted by atomic mass is 9.95. The van der Waals surface area contributed by atoms with Crippen LogP contribution < -0.4 is 4.74 Å². The molecule has 0 saturated heterocycles. The number of hydrogen-bond donors (Lipinski definition) is 1. The van der Waals surface area contributed by atoms with Crippen LogP contribution in [0.15, 0.2) is 64.3 Å². The zero-order valence-electron chi connectivity index (χ0n) is 19.4. The van der Waals surface area contributed by atoms with Crippen LogP contribution in [-0.4, -0.2) is 59.9 Å². The molecule has 34 heavy (non-hydrogen) atoms. The number of ketones is 1. The van der Waals surface area contributed by atoms with Crippen molar-refractivity contribution in [3.63, 3.8) is 0 Å². The number of aliphatic hydroxyl groups excluding tert-OH is 1. The van der Waals surface area contributed by atoms with Gasteiger partial charge in [-0.25, -0.2) is 0 Å². The van der Waals surface area contributed by atoms with Gasteiger partial charge in [0.1, 0.15) is 0 Å². The van der Waals surface area contributed by atoms with Gasteiger partial charge in [0.05, 0.1) is 18.7 Å². The van der Waals surface area contributed by atoms with E-state index in [0.717, 1.165) is 13.1 Å². The molecule has 0 radical (unpaired) electrons. The van der Waals surface area contributed by atoms with Crippen molar-refractivity contribution >= 4 is 34.3 Å². The fraction of sp³-hybridized carbons (Fsp3) is 0.308. The van der Waals surface area contributed by atoms with Crippen molar-refractivity contribution in [2.75, 3.05) is 33.3 Å². The minimum absolute atomic E-state index is 0.00936. The lowest BCUT2D eigenvalue weighted by Crippen LogP contribution is -2.38. The molecule has 7 nitrogen and oxygen atoms in total. The van der Waals surface area contributed by atoms with E-state index in [0.29, 0.717) is 40.4 Å². The molecule has 0 fully saturated rings. The number of fused-ring (bicyclic) bond motifs is 1. The topological polar surface area (TPSA) is 83.2 Å². The Balaban J connectivity index is 1.76. The molecule has 178 valence electrons. The summed E-state index contributed by atoms with van der Waals surface area (Å²) in [5, 5.41) is 12.1. The number of nitrogens with zero attached hydrogens (tertiary/aromatic N) is 2. The van der Waals surface area contributed by atoms with Crippen molar-refractivity contribution in [2.45, 2.75) is 19.9 Å². The summed E-state index contributed by atoms with van der Waals surface area (Å²) in [5.74, 6) is -1.17. The number of rotatable bonds is 9. The minimum atomic E-state index is -0.761. The molecule has 1 aliphatic rings. The maximum absolute atomic E-state index is 13.7. The van der Waals surface area contributed by atoms with E-state index in [1.807, 2.05) is 13.8 Å². The second-order valence-electron chi connectivity index (χ2n) is 8.06. The maximum atomic E-state index is 13.7. The first-order valence-corrected chi connectivity index (χ1v) is 11.6. The van der Waals surface area contributed by atoms with Crippen molar-refractivity contribution in [1.82, 2.24) is 9.80 Å². The summed E-state index contributed by atoms with van der Waals surface area (Å²) in [6, 6.07) is 13.1. The van der Waals surface area contributed by atoms with Gasteiger partial charge in [0.25, 0.3) is 5.91 Å². The molecule has 0 unspecified atom stereocenters. The van der Waals surface area contributed by atoms with Gasteiger partial charge in [-0.2, -0.15) is 0 Å². The van der Waals surface area contributed by atoms with Gasteiger partial charge in [0.15, 0.2) is 22.9 Å². The Kier molecular flexibility index (Phi) is 6.95. The van der Waals surface area contributed by atoms with Crippen LogP contribution in [0.1, 0.15) is 36.0 Å². The number of furan rings is 1. The van der Waals surface area contributed by atoms with Crippen LogP contribution in [0.3, 0.4) is 0 Å². The van der Waals surface area contributed by atoms with E-state index in [1.54, 1.807) is 48.5 Å². The first-order valence-electron chi connectivity index (χ1n) is 11.2. The van der Waals surface area contributed by atoms with E-state index in [1.165, 1.54) is 12.0 Å². The predicted molar refractivity (Wildman–Crippen MR) is 130 cm³/mol. The van der Waals surface area contributed by atoms with E-state index in [2.05, 4.69) is 4.90 Å². The standard InChI is InChI=1S/C26H27ClN2O5/c1-4-28(5-2)13-14-29-22(16-9-11-18(27)12-10-16)21(24(31)26(29)32)23(30)20-15-17-7-6-8-19(33-3)25(17)34-20/h6-12,15,22,31H,4-5,13-14H2,1-3H3/t22-/m1/s1. The number of ether oxygens (including phenoxy) is 1. The summed E-state index contributed by atoms with van der Waals surface area (Å²) in [4.78, 5) is 30.5. The Morgan fingerprint density at radius 2 is 1.88 bits per heavy atom. The third kappa shape index (κ3) is 4.29. The number of para-hydroxylation sites is 1. The molecule has 8 heteroatoms. The molecular weight excluding hydrogens is 456 g/mol. The molecule has 4 rings (SSSR count). The number of aliphatic hydroxyl groups is 1. The molecule has 0 aliphatic carbocycles. The first-order chi connectivity index (χ1) is 16.4. The monoisotopic (exact) mass is 482 g/mol. The first kappa shape index (κ1) is 23.9. The summed E-state index contributed by atoms with van der Waals surface area (Å²) in [6.07, 6.45) is 0. The van der Waals surface area contributed by atoms with Crippen LogP contribution in [0.2, 0.25) is 5.02 Å². The number of likely N-dealkylation sites (N-methyl/N-ethyl adjacent to an activating group) is 1. The van der Waals surface area contributed by atoms with Gasteiger partial charge in [-0.05, 0) is 42.9 Å². The van der Waals surface area contributed by atoms with E-state index in [4.69, 9.17) is 20.8 Å². The fourth-order valence-electron chi connectivity index (χ4n) is 4.34. The highest BCUT2D eigenvalue weighted by molar-refractivity contribution is 6.30. The van der Waals surface area contributed by atoms with Gasteiger partial charge in [-0.1, -0.05) is 49.7 Å². The van der Waals surface area contributed by atoms with Crippen LogP contribution in [0, 0.1) is 0 Å². The van der Waals surface area contributed by atoms with E-state index in [-0.39, 0.29) is 11.3 Å². The lowest BCUT2D eigenvalue weighted by Gasteiger charge is -2.29. The molecule has 0 bridgehead atoms. The number of Topliss-reactive ketones (excluding diaryl/α,β-unsaturated/α-hetero) is 1. The molecule has 1 atom stereocenters. The maximum Gasteiger partial charge on any atom is 0.290 e. The highest BCUT2D eigenvalue weighted by Gasteiger charge is 2.44. The van der Waals surface area contributed by atoms with E-state index < -0.39 is 23.5 Å². The number of halogens is 1. The SMILES string of the molecule is CCN(CC)CCN1C(=O)C(O)=C(C(=O)c2cc3cccc(OC)c3o2)[C@H]1c1ccc(Cl)cc1. The molecule has 1 aliphatic heterocycles. The van der Waals surface area contributed by atoms with Crippen molar-refractivity contribution in [3.05, 3.63) is 76.2 Å². The number of amides is 1. The normalized spacial score (nSPS) is 16.2. The van der Waals surface area contributed by atoms with Crippen LogP contribution in [0.5, 0.6) is 5.75 Å². The van der Waals surface area contributed by atoms with Crippen LogP contribution in [-0.2, 0) is 4.79 Å². The molecule has 1 N–H and O–H groups in total. The highest BCUT2D eigenvalue weighted by Crippen LogP contribution is 2.40. The van der Waals surface area contributed by atoms with Gasteiger partial charge in [0, 0.05) is 23.5 Å². The molecular formula is C26H27ClN2O5. The lowest BCUT2D eigenvalue weighted by molar-refractivity contribution is -0.129. The number of carbonyl (C=O) groups is 2. The van der Waals surface area contributed by atoms with Gasteiger partial charge >= 0.3 is 0 Å². The van der Waals surface area contributed by atoms with Gasteiger partial charge in [-0.15, -0.1) is 0 Å². The molecule has 0 spiro atoms. The summed E-state index contributed by atoms with van der Waals surface area (Å²) < 4.78 is 11.2. The Labute approximate surface area is 203 Å². The quantitative estimate of drug-likeness (QED) is 0.431. The fourth-order valence-corrected chi connectivity index (χ4v) is 4.46. The molecule has 1 aromatic heterocycles. The van der Waals surface area contributed by atoms with Crippen LogP contribution in [0.4, 0.5) is 0 Å². The average molecular weight is 483 g/mol. The summed E-state index contributed by atoms with van der Waals surface area (Å²) >= 11 is 6.08. The summed E-state index contributed by atoms with van der Waals surface area (Å²) in [6.45, 7) is 6.72. The Hall–Kier alpha value is -3.29. The number of methoxy groups -OCH3 is 1. The van der Waals surface area contributed by atoms with Crippen molar-refractivity contribution in [2.24, 2.45) is 0 Å². The van der Waals surface area contributed by atoms with E-state index in [9.17, 15) is 14.7 Å². The molecule has 1 amide bonds. The molecule has 2 aromatic carbocycles. The summed E-state index contributed by atoms with van der Waals surface area (Å²) in [5.41, 5.74) is 1.10. The van der Waals surface area contributed by atoms with Crippen LogP contribution >= 0.6 is 11.6 Å². The van der Waals surface area contributed by atoms with Gasteiger partial charge in [0.2, 0.25) is 5.78 Å². The number of carbonyl (C=O) groups excluding carboxylic acids is 2. The highest BCUT2D eigenvalue weighted by atomic mass is 35.5. The van der Waals surface area contributed by atoms with Crippen molar-refractivity contribution in [1.29, 1.82) is 0 Å². The Morgan fingerprint density at radius 1 is 1.18 bits per heavy atom. The molecule has 3 aromatic rings. The van der Waals surface area contributed by atoms with Crippen LogP contribution in [0.25, 0.3) is 11.0 Å². The van der Waals surface area contributed by atoms with Crippen molar-refractivity contribution < 1.29 is 23.8 Å². The smallest absolute Gasteiger partial charge is 0.290 e. The second-order valence-corrected chi connectivity index (χ2v) is 8.50. The third-order valence-electron chi connectivity index (χ3n) is 6.24. The van der Waals surface area contributed by atoms with Crippen molar-refractivity contribution in [3.8, 4) is 5.75 Å². The molecule has 0 saturated carbocycles. The number of hydrogen-bond acceptors (Lipinski definition) is 6. The Bertz CT molecular complexity index is 1240. The van der Waals surface area contributed by atoms with Gasteiger partial charge in [-0.3, -0.25) is 9.59 Å². The summed E-state index contributed by atoms with van der Waals surface area (Å²) in [7, 11) is 1.52. The predicted octanol–water partition coefficient (Wildman–Crippen LogP) is 5.01. The second kappa shape index (κ2) is 9.91. The third-order valence-corrected chi connectivity index (χ3v) is 6.49. The minimum Gasteiger partial charge on any atom is -0.503 e. The average Bonchev–Trinajstić information content (AvgIpc) is 3.39. The Morgan fingerprint density at radius 3 is 2.53 bits per heavy atom. The zero-order valence-corrected chi connectivity index (χ0v) is 20.1. The largest absolute Gasteiger partial charge is 0.503 e. The zero-order chi connectivity index (χ0) is 24.4. The van der Waals surface area contributed by atoms with Gasteiger partial charge < -0.3 is 24.1 Å². The van der Waals surface area contributed by atoms with E-state index >= 15 is 0 Å². The molecule has 2 heterocycles. The number of benzene rings is 2.